The number of amides is 1. The van der Waals surface area contributed by atoms with Crippen LogP contribution in [0.1, 0.15) is 20.8 Å². The molecule has 1 aromatic carbocycles. The summed E-state index contributed by atoms with van der Waals surface area (Å²) >= 11 is 0. The van der Waals surface area contributed by atoms with Crippen LogP contribution in [0.25, 0.3) is 11.4 Å². The molecule has 1 saturated heterocycles. The molecule has 0 bridgehead atoms. The van der Waals surface area contributed by atoms with Gasteiger partial charge in [0.15, 0.2) is 5.82 Å². The van der Waals surface area contributed by atoms with Gasteiger partial charge in [-0.1, -0.05) is 30.3 Å². The van der Waals surface area contributed by atoms with Gasteiger partial charge >= 0.3 is 0 Å². The molecule has 2 heterocycles. The molecule has 0 N–H and O–H groups in total. The Morgan fingerprint density at radius 2 is 1.96 bits per heavy atom. The van der Waals surface area contributed by atoms with Crippen molar-refractivity contribution in [2.75, 3.05) is 24.5 Å². The Hall–Kier alpha value is -2.37. The number of hydrogen-bond acceptors (Lipinski definition) is 4. The van der Waals surface area contributed by atoms with Crippen LogP contribution in [-0.4, -0.2) is 51.2 Å². The van der Waals surface area contributed by atoms with Crippen molar-refractivity contribution in [2.24, 2.45) is 0 Å². The van der Waals surface area contributed by atoms with Gasteiger partial charge in [0.25, 0.3) is 0 Å². The van der Waals surface area contributed by atoms with Gasteiger partial charge in [-0.2, -0.15) is 0 Å². The second-order valence-electron chi connectivity index (χ2n) is 5.94. The van der Waals surface area contributed by atoms with Gasteiger partial charge < -0.3 is 9.80 Å². The van der Waals surface area contributed by atoms with Crippen molar-refractivity contribution >= 4 is 11.9 Å². The third kappa shape index (κ3) is 2.93. The van der Waals surface area contributed by atoms with E-state index in [0.29, 0.717) is 0 Å². The largest absolute Gasteiger partial charge is 0.339 e. The van der Waals surface area contributed by atoms with Crippen LogP contribution in [0, 0.1) is 0 Å². The van der Waals surface area contributed by atoms with Crippen molar-refractivity contribution in [3.8, 4) is 11.4 Å². The summed E-state index contributed by atoms with van der Waals surface area (Å²) in [6.07, 6.45) is 0. The van der Waals surface area contributed by atoms with E-state index in [4.69, 9.17) is 0 Å². The van der Waals surface area contributed by atoms with Crippen LogP contribution < -0.4 is 4.90 Å². The predicted molar refractivity (Wildman–Crippen MR) is 90.2 cm³/mol. The molecule has 0 spiro atoms. The van der Waals surface area contributed by atoms with Crippen LogP contribution in [0.15, 0.2) is 30.3 Å². The third-order valence-corrected chi connectivity index (χ3v) is 4.41. The molecule has 3 rings (SSSR count). The van der Waals surface area contributed by atoms with E-state index in [1.807, 2.05) is 23.1 Å². The van der Waals surface area contributed by atoms with Crippen molar-refractivity contribution in [3.05, 3.63) is 30.3 Å². The van der Waals surface area contributed by atoms with Crippen LogP contribution in [0.4, 0.5) is 5.95 Å². The van der Waals surface area contributed by atoms with Gasteiger partial charge in [-0.3, -0.25) is 9.36 Å². The fourth-order valence-corrected chi connectivity index (χ4v) is 3.14. The summed E-state index contributed by atoms with van der Waals surface area (Å²) in [6.45, 7) is 8.93. The number of hydrogen-bond donors (Lipinski definition) is 0. The lowest BCUT2D eigenvalue weighted by Gasteiger charge is -2.39. The van der Waals surface area contributed by atoms with Crippen LogP contribution in [-0.2, 0) is 11.3 Å². The smallest absolute Gasteiger partial charge is 0.227 e. The van der Waals surface area contributed by atoms with Crippen LogP contribution in [0.3, 0.4) is 0 Å². The Balaban J connectivity index is 1.89. The number of carbonyl (C=O) groups excluding carboxylic acids is 1. The summed E-state index contributed by atoms with van der Waals surface area (Å²) in [4.78, 5) is 15.7. The first-order valence-electron chi connectivity index (χ1n) is 8.12. The Morgan fingerprint density at radius 3 is 2.57 bits per heavy atom. The Labute approximate surface area is 136 Å². The van der Waals surface area contributed by atoms with Gasteiger partial charge in [-0.25, -0.2) is 0 Å². The summed E-state index contributed by atoms with van der Waals surface area (Å²) in [6, 6.07) is 10.4. The first-order chi connectivity index (χ1) is 11.1. The Morgan fingerprint density at radius 1 is 1.22 bits per heavy atom. The highest BCUT2D eigenvalue weighted by atomic mass is 16.2. The summed E-state index contributed by atoms with van der Waals surface area (Å²) in [7, 11) is 0. The zero-order chi connectivity index (χ0) is 16.4. The molecule has 6 heteroatoms. The van der Waals surface area contributed by atoms with E-state index in [1.165, 1.54) is 0 Å². The maximum absolute atomic E-state index is 11.6. The molecule has 0 radical (unpaired) electrons. The van der Waals surface area contributed by atoms with Crippen LogP contribution in [0.5, 0.6) is 0 Å². The van der Waals surface area contributed by atoms with Crippen LogP contribution >= 0.6 is 0 Å². The highest BCUT2D eigenvalue weighted by molar-refractivity contribution is 5.73. The normalized spacial score (nSPS) is 18.3. The lowest BCUT2D eigenvalue weighted by atomic mass is 10.2. The molecule has 1 fully saturated rings. The second-order valence-corrected chi connectivity index (χ2v) is 5.94. The van der Waals surface area contributed by atoms with Gasteiger partial charge in [-0.15, -0.1) is 10.2 Å². The summed E-state index contributed by atoms with van der Waals surface area (Å²) < 4.78 is 2.15. The SMILES string of the molecule is CCn1c(-c2ccccc2)nnc1N1CCN(C(C)=O)CC1C. The molecule has 1 unspecified atom stereocenters. The van der Waals surface area contributed by atoms with E-state index in [1.54, 1.807) is 6.92 Å². The number of nitrogens with zero attached hydrogens (tertiary/aromatic N) is 5. The molecule has 122 valence electrons. The molecular weight excluding hydrogens is 290 g/mol. The molecule has 1 atom stereocenters. The number of rotatable bonds is 3. The van der Waals surface area contributed by atoms with Gasteiger partial charge in [0.1, 0.15) is 0 Å². The minimum Gasteiger partial charge on any atom is -0.339 e. The Bertz CT molecular complexity index is 682. The number of benzene rings is 1. The second kappa shape index (κ2) is 6.40. The molecule has 1 aliphatic rings. The molecule has 0 saturated carbocycles. The van der Waals surface area contributed by atoms with Gasteiger partial charge in [0.05, 0.1) is 0 Å². The van der Waals surface area contributed by atoms with E-state index >= 15 is 0 Å². The van der Waals surface area contributed by atoms with E-state index in [0.717, 1.165) is 43.5 Å². The third-order valence-electron chi connectivity index (χ3n) is 4.41. The van der Waals surface area contributed by atoms with E-state index in [-0.39, 0.29) is 11.9 Å². The summed E-state index contributed by atoms with van der Waals surface area (Å²) in [5, 5.41) is 8.85. The highest BCUT2D eigenvalue weighted by Gasteiger charge is 2.29. The van der Waals surface area contributed by atoms with Crippen molar-refractivity contribution < 1.29 is 4.79 Å². The summed E-state index contributed by atoms with van der Waals surface area (Å²) in [5.41, 5.74) is 1.07. The average Bonchev–Trinajstić information content (AvgIpc) is 2.99. The maximum Gasteiger partial charge on any atom is 0.227 e. The van der Waals surface area contributed by atoms with E-state index in [2.05, 4.69) is 45.6 Å². The fraction of sp³-hybridized carbons (Fsp3) is 0.471. The van der Waals surface area contributed by atoms with Crippen molar-refractivity contribution in [2.45, 2.75) is 33.4 Å². The molecule has 1 aromatic heterocycles. The first-order valence-corrected chi connectivity index (χ1v) is 8.12. The fourth-order valence-electron chi connectivity index (χ4n) is 3.14. The average molecular weight is 313 g/mol. The molecule has 23 heavy (non-hydrogen) atoms. The minimum absolute atomic E-state index is 0.137. The van der Waals surface area contributed by atoms with Crippen molar-refractivity contribution in [3.63, 3.8) is 0 Å². The minimum atomic E-state index is 0.137. The van der Waals surface area contributed by atoms with Gasteiger partial charge in [-0.05, 0) is 13.8 Å². The Kier molecular flexibility index (Phi) is 4.32. The molecule has 0 aliphatic carbocycles. The zero-order valence-corrected chi connectivity index (χ0v) is 13.9. The summed E-state index contributed by atoms with van der Waals surface area (Å²) in [5.74, 6) is 1.92. The van der Waals surface area contributed by atoms with E-state index < -0.39 is 0 Å². The lowest BCUT2D eigenvalue weighted by Crippen LogP contribution is -2.54. The first kappa shape index (κ1) is 15.5. The van der Waals surface area contributed by atoms with Crippen molar-refractivity contribution in [1.82, 2.24) is 19.7 Å². The number of anilines is 1. The lowest BCUT2D eigenvalue weighted by molar-refractivity contribution is -0.129. The molecular formula is C17H23N5O. The topological polar surface area (TPSA) is 54.3 Å². The quantitative estimate of drug-likeness (QED) is 0.870. The number of carbonyl (C=O) groups is 1. The molecule has 1 amide bonds. The molecule has 1 aliphatic heterocycles. The molecule has 6 nitrogen and oxygen atoms in total. The van der Waals surface area contributed by atoms with E-state index in [9.17, 15) is 4.79 Å². The zero-order valence-electron chi connectivity index (χ0n) is 13.9. The maximum atomic E-state index is 11.6. The predicted octanol–water partition coefficient (Wildman–Crippen LogP) is 2.02. The van der Waals surface area contributed by atoms with Crippen LogP contribution in [0.2, 0.25) is 0 Å². The van der Waals surface area contributed by atoms with Crippen molar-refractivity contribution in [1.29, 1.82) is 0 Å². The number of aromatic nitrogens is 3. The van der Waals surface area contributed by atoms with Gasteiger partial charge in [0, 0.05) is 44.7 Å². The van der Waals surface area contributed by atoms with Gasteiger partial charge in [0.2, 0.25) is 11.9 Å². The highest BCUT2D eigenvalue weighted by Crippen LogP contribution is 2.25. The molecule has 2 aromatic rings. The standard InChI is InChI=1S/C17H23N5O/c1-4-21-16(15-8-6-5-7-9-15)18-19-17(21)22-11-10-20(14(3)23)12-13(22)2/h5-9,13H,4,10-12H2,1-3H3. The monoisotopic (exact) mass is 313 g/mol. The number of piperazine rings is 1.